The van der Waals surface area contributed by atoms with Crippen molar-refractivity contribution in [1.82, 2.24) is 4.90 Å². The Morgan fingerprint density at radius 1 is 1.11 bits per heavy atom. The summed E-state index contributed by atoms with van der Waals surface area (Å²) in [4.78, 5) is 12.7. The normalized spacial score (nSPS) is 10.4. The maximum atomic E-state index is 10.2. The molecular formula is C15H25NO2. The van der Waals surface area contributed by atoms with Crippen molar-refractivity contribution in [1.29, 1.82) is 0 Å². The molecule has 0 aliphatic heterocycles. The van der Waals surface area contributed by atoms with Crippen molar-refractivity contribution in [3.63, 3.8) is 0 Å². The van der Waals surface area contributed by atoms with E-state index in [-0.39, 0.29) is 0 Å². The third-order valence-corrected chi connectivity index (χ3v) is 2.71. The predicted octanol–water partition coefficient (Wildman–Crippen LogP) is 3.51. The smallest absolute Gasteiger partial charge is 0.335 e. The van der Waals surface area contributed by atoms with Gasteiger partial charge in [-0.15, -0.1) is 0 Å². The fraction of sp³-hybridized carbons (Fsp3) is 0.533. The number of carbonyl (C=O) groups is 1. The lowest BCUT2D eigenvalue weighted by atomic mass is 10.2. The third kappa shape index (κ3) is 6.40. The van der Waals surface area contributed by atoms with Gasteiger partial charge in [-0.2, -0.15) is 0 Å². The Labute approximate surface area is 110 Å². The number of carboxylic acid groups (broad SMARTS) is 1. The van der Waals surface area contributed by atoms with Crippen LogP contribution in [-0.2, 0) is 0 Å². The van der Waals surface area contributed by atoms with Gasteiger partial charge in [0.2, 0.25) is 0 Å². The molecule has 1 aromatic rings. The van der Waals surface area contributed by atoms with E-state index in [4.69, 9.17) is 5.11 Å². The minimum atomic E-state index is -0.879. The maximum Gasteiger partial charge on any atom is 0.335 e. The first-order chi connectivity index (χ1) is 8.40. The molecular weight excluding hydrogens is 226 g/mol. The number of rotatable bonds is 4. The summed E-state index contributed by atoms with van der Waals surface area (Å²) in [6.45, 7) is 12.3. The Kier molecular flexibility index (Phi) is 8.05. The minimum Gasteiger partial charge on any atom is -0.478 e. The van der Waals surface area contributed by atoms with Crippen LogP contribution in [0, 0.1) is 0 Å². The first-order valence-electron chi connectivity index (χ1n) is 6.44. The van der Waals surface area contributed by atoms with Crippen molar-refractivity contribution < 1.29 is 9.90 Å². The van der Waals surface area contributed by atoms with Gasteiger partial charge in [0.05, 0.1) is 5.56 Å². The fourth-order valence-corrected chi connectivity index (χ4v) is 1.91. The standard InChI is InChI=1S/C8H19N.C7H6O2/c1-6-9(7(2)3)8(4)5;8-7(9)6-4-2-1-3-5-6/h7-8H,6H2,1-5H3;1-5H,(H,8,9). The third-order valence-electron chi connectivity index (χ3n) is 2.71. The molecule has 0 saturated carbocycles. The lowest BCUT2D eigenvalue weighted by Gasteiger charge is -2.28. The maximum absolute atomic E-state index is 10.2. The lowest BCUT2D eigenvalue weighted by Crippen LogP contribution is -2.36. The molecule has 3 heteroatoms. The van der Waals surface area contributed by atoms with Crippen molar-refractivity contribution in [2.45, 2.75) is 46.7 Å². The van der Waals surface area contributed by atoms with E-state index in [9.17, 15) is 4.79 Å². The van der Waals surface area contributed by atoms with E-state index in [0.29, 0.717) is 17.6 Å². The zero-order chi connectivity index (χ0) is 14.1. The number of hydrogen-bond acceptors (Lipinski definition) is 2. The Morgan fingerprint density at radius 3 is 1.72 bits per heavy atom. The summed E-state index contributed by atoms with van der Waals surface area (Å²) < 4.78 is 0. The van der Waals surface area contributed by atoms with Crippen molar-refractivity contribution in [2.75, 3.05) is 6.54 Å². The largest absolute Gasteiger partial charge is 0.478 e. The highest BCUT2D eigenvalue weighted by Crippen LogP contribution is 2.02. The molecule has 0 aliphatic rings. The summed E-state index contributed by atoms with van der Waals surface area (Å²) in [7, 11) is 0. The quantitative estimate of drug-likeness (QED) is 0.890. The topological polar surface area (TPSA) is 40.5 Å². The van der Waals surface area contributed by atoms with Crippen molar-refractivity contribution in [2.24, 2.45) is 0 Å². The highest BCUT2D eigenvalue weighted by atomic mass is 16.4. The van der Waals surface area contributed by atoms with Gasteiger partial charge in [0, 0.05) is 12.1 Å². The van der Waals surface area contributed by atoms with Gasteiger partial charge in [0.15, 0.2) is 0 Å². The second-order valence-electron chi connectivity index (χ2n) is 4.69. The van der Waals surface area contributed by atoms with Gasteiger partial charge < -0.3 is 5.11 Å². The number of aromatic carboxylic acids is 1. The molecule has 0 heterocycles. The van der Waals surface area contributed by atoms with Crippen molar-refractivity contribution in [3.8, 4) is 0 Å². The molecule has 0 spiro atoms. The van der Waals surface area contributed by atoms with Crippen LogP contribution in [0.15, 0.2) is 30.3 Å². The monoisotopic (exact) mass is 251 g/mol. The Morgan fingerprint density at radius 2 is 1.56 bits per heavy atom. The SMILES string of the molecule is CCN(C(C)C)C(C)C.O=C(O)c1ccccc1. The van der Waals surface area contributed by atoms with Gasteiger partial charge in [-0.3, -0.25) is 4.90 Å². The molecule has 0 amide bonds. The van der Waals surface area contributed by atoms with Crippen LogP contribution in [0.25, 0.3) is 0 Å². The van der Waals surface area contributed by atoms with Crippen LogP contribution < -0.4 is 0 Å². The second-order valence-corrected chi connectivity index (χ2v) is 4.69. The molecule has 18 heavy (non-hydrogen) atoms. The van der Waals surface area contributed by atoms with Gasteiger partial charge in [-0.25, -0.2) is 4.79 Å². The van der Waals surface area contributed by atoms with Gasteiger partial charge in [0.1, 0.15) is 0 Å². The number of nitrogens with zero attached hydrogens (tertiary/aromatic N) is 1. The van der Waals surface area contributed by atoms with Crippen molar-refractivity contribution >= 4 is 5.97 Å². The minimum absolute atomic E-state index is 0.331. The van der Waals surface area contributed by atoms with Gasteiger partial charge in [-0.1, -0.05) is 25.1 Å². The molecule has 1 rings (SSSR count). The first-order valence-corrected chi connectivity index (χ1v) is 6.44. The summed E-state index contributed by atoms with van der Waals surface area (Å²) in [5.41, 5.74) is 0.331. The highest BCUT2D eigenvalue weighted by Gasteiger charge is 2.08. The van der Waals surface area contributed by atoms with Gasteiger partial charge >= 0.3 is 5.97 Å². The van der Waals surface area contributed by atoms with Gasteiger partial charge in [0.25, 0.3) is 0 Å². The molecule has 1 N–H and O–H groups in total. The van der Waals surface area contributed by atoms with Crippen LogP contribution >= 0.6 is 0 Å². The summed E-state index contributed by atoms with van der Waals surface area (Å²) >= 11 is 0. The Balaban J connectivity index is 0.000000321. The van der Waals surface area contributed by atoms with E-state index >= 15 is 0 Å². The molecule has 0 bridgehead atoms. The molecule has 0 saturated heterocycles. The molecule has 102 valence electrons. The zero-order valence-corrected chi connectivity index (χ0v) is 12.1. The van der Waals surface area contributed by atoms with Crippen LogP contribution in [-0.4, -0.2) is 34.6 Å². The van der Waals surface area contributed by atoms with Crippen LogP contribution in [0.1, 0.15) is 45.0 Å². The Bertz CT molecular complexity index is 326. The molecule has 1 aromatic carbocycles. The lowest BCUT2D eigenvalue weighted by molar-refractivity contribution is 0.0697. The molecule has 0 aromatic heterocycles. The van der Waals surface area contributed by atoms with E-state index in [1.165, 1.54) is 0 Å². The van der Waals surface area contributed by atoms with Crippen LogP contribution in [0.5, 0.6) is 0 Å². The van der Waals surface area contributed by atoms with Gasteiger partial charge in [-0.05, 0) is 46.4 Å². The molecule has 0 fully saturated rings. The molecule has 0 aliphatic carbocycles. The first kappa shape index (κ1) is 16.6. The highest BCUT2D eigenvalue weighted by molar-refractivity contribution is 5.87. The average molecular weight is 251 g/mol. The van der Waals surface area contributed by atoms with Crippen molar-refractivity contribution in [3.05, 3.63) is 35.9 Å². The summed E-state index contributed by atoms with van der Waals surface area (Å²) in [5, 5.41) is 8.38. The Hall–Kier alpha value is -1.35. The number of hydrogen-bond donors (Lipinski definition) is 1. The fourth-order valence-electron chi connectivity index (χ4n) is 1.91. The van der Waals surface area contributed by atoms with E-state index in [0.717, 1.165) is 6.54 Å². The molecule has 0 radical (unpaired) electrons. The number of benzene rings is 1. The average Bonchev–Trinajstić information content (AvgIpc) is 2.30. The summed E-state index contributed by atoms with van der Waals surface area (Å²) in [6.07, 6.45) is 0. The number of carboxylic acids is 1. The predicted molar refractivity (Wildman–Crippen MR) is 76.1 cm³/mol. The summed E-state index contributed by atoms with van der Waals surface area (Å²) in [6, 6.07) is 9.68. The molecule has 0 unspecified atom stereocenters. The van der Waals surface area contributed by atoms with Crippen LogP contribution in [0.3, 0.4) is 0 Å². The van der Waals surface area contributed by atoms with Crippen LogP contribution in [0.2, 0.25) is 0 Å². The van der Waals surface area contributed by atoms with Crippen LogP contribution in [0.4, 0.5) is 0 Å². The van der Waals surface area contributed by atoms with E-state index in [1.807, 2.05) is 0 Å². The summed E-state index contributed by atoms with van der Waals surface area (Å²) in [5.74, 6) is -0.879. The van der Waals surface area contributed by atoms with E-state index in [2.05, 4.69) is 39.5 Å². The second kappa shape index (κ2) is 8.70. The van der Waals surface area contributed by atoms with E-state index < -0.39 is 5.97 Å². The zero-order valence-electron chi connectivity index (χ0n) is 12.1. The molecule has 0 atom stereocenters. The molecule has 3 nitrogen and oxygen atoms in total. The van der Waals surface area contributed by atoms with E-state index in [1.54, 1.807) is 30.3 Å².